The fourth-order valence-corrected chi connectivity index (χ4v) is 3.05. The van der Waals surface area contributed by atoms with E-state index in [9.17, 15) is 0 Å². The Hall–Kier alpha value is -0.120. The van der Waals surface area contributed by atoms with Gasteiger partial charge in [0.15, 0.2) is 0 Å². The number of ether oxygens (including phenoxy) is 1. The van der Waals surface area contributed by atoms with E-state index in [0.29, 0.717) is 24.3 Å². The van der Waals surface area contributed by atoms with Crippen molar-refractivity contribution in [3.8, 4) is 0 Å². The van der Waals surface area contributed by atoms with E-state index in [1.807, 2.05) is 0 Å². The van der Waals surface area contributed by atoms with Gasteiger partial charge in [-0.1, -0.05) is 6.42 Å². The van der Waals surface area contributed by atoms with Gasteiger partial charge in [0.05, 0.1) is 12.2 Å². The van der Waals surface area contributed by atoms with E-state index in [0.717, 1.165) is 13.1 Å². The molecule has 1 aliphatic heterocycles. The Morgan fingerprint density at radius 1 is 1.13 bits per heavy atom. The van der Waals surface area contributed by atoms with Crippen LogP contribution >= 0.6 is 0 Å². The van der Waals surface area contributed by atoms with E-state index in [1.165, 1.54) is 25.7 Å². The highest BCUT2D eigenvalue weighted by molar-refractivity contribution is 4.85. The quantitative estimate of drug-likeness (QED) is 0.713. The molecular formula is C12H24N2O. The molecular weight excluding hydrogens is 188 g/mol. The first-order valence-corrected chi connectivity index (χ1v) is 6.30. The van der Waals surface area contributed by atoms with Crippen molar-refractivity contribution in [2.24, 2.45) is 5.73 Å². The summed E-state index contributed by atoms with van der Waals surface area (Å²) in [7, 11) is 0. The van der Waals surface area contributed by atoms with E-state index in [1.54, 1.807) is 0 Å². The van der Waals surface area contributed by atoms with Crippen LogP contribution < -0.4 is 5.73 Å². The monoisotopic (exact) mass is 212 g/mol. The van der Waals surface area contributed by atoms with Crippen LogP contribution in [0.3, 0.4) is 0 Å². The third-order valence-corrected chi connectivity index (χ3v) is 3.65. The summed E-state index contributed by atoms with van der Waals surface area (Å²) in [6.07, 6.45) is 5.78. The molecule has 0 radical (unpaired) electrons. The molecule has 2 aliphatic rings. The molecule has 0 aromatic heterocycles. The lowest BCUT2D eigenvalue weighted by Gasteiger charge is -2.42. The summed E-state index contributed by atoms with van der Waals surface area (Å²) in [5.41, 5.74) is 6.04. The highest BCUT2D eigenvalue weighted by atomic mass is 16.5. The van der Waals surface area contributed by atoms with Crippen LogP contribution in [-0.4, -0.2) is 42.3 Å². The normalized spacial score (nSPS) is 44.2. The van der Waals surface area contributed by atoms with Gasteiger partial charge < -0.3 is 10.5 Å². The second-order valence-corrected chi connectivity index (χ2v) is 5.29. The number of nitrogens with two attached hydrogens (primary N) is 1. The lowest BCUT2D eigenvalue weighted by Crippen LogP contribution is -2.52. The minimum atomic E-state index is 0.381. The van der Waals surface area contributed by atoms with Crippen molar-refractivity contribution < 1.29 is 4.74 Å². The van der Waals surface area contributed by atoms with Gasteiger partial charge in [-0.2, -0.15) is 0 Å². The maximum absolute atomic E-state index is 6.04. The summed E-state index contributed by atoms with van der Waals surface area (Å²) in [4.78, 5) is 2.60. The van der Waals surface area contributed by atoms with Crippen molar-refractivity contribution in [2.45, 2.75) is 63.8 Å². The Morgan fingerprint density at radius 3 is 2.40 bits per heavy atom. The summed E-state index contributed by atoms with van der Waals surface area (Å²) >= 11 is 0. The first kappa shape index (κ1) is 11.4. The maximum Gasteiger partial charge on any atom is 0.0678 e. The second kappa shape index (κ2) is 4.81. The van der Waals surface area contributed by atoms with E-state index < -0.39 is 0 Å². The molecule has 0 aromatic rings. The summed E-state index contributed by atoms with van der Waals surface area (Å²) in [5.74, 6) is 0. The van der Waals surface area contributed by atoms with Gasteiger partial charge in [0.1, 0.15) is 0 Å². The van der Waals surface area contributed by atoms with Gasteiger partial charge >= 0.3 is 0 Å². The van der Waals surface area contributed by atoms with E-state index in [4.69, 9.17) is 10.5 Å². The molecule has 1 saturated heterocycles. The maximum atomic E-state index is 6.04. The van der Waals surface area contributed by atoms with Gasteiger partial charge in [-0.3, -0.25) is 4.90 Å². The molecule has 0 amide bonds. The van der Waals surface area contributed by atoms with Crippen LogP contribution in [0.25, 0.3) is 0 Å². The number of morpholine rings is 1. The first-order valence-electron chi connectivity index (χ1n) is 6.30. The predicted molar refractivity (Wildman–Crippen MR) is 61.8 cm³/mol. The second-order valence-electron chi connectivity index (χ2n) is 5.29. The summed E-state index contributed by atoms with van der Waals surface area (Å²) in [5, 5.41) is 0. The molecule has 1 heterocycles. The van der Waals surface area contributed by atoms with Crippen molar-refractivity contribution >= 4 is 0 Å². The lowest BCUT2D eigenvalue weighted by atomic mass is 9.90. The Bertz CT molecular complexity index is 200. The van der Waals surface area contributed by atoms with Gasteiger partial charge in [-0.25, -0.2) is 0 Å². The standard InChI is InChI=1S/C12H24N2O/c1-9-7-14(8-10(2)15-9)12-5-3-4-11(13)6-12/h9-12H,3-8,13H2,1-2H3/t9-,10+,11?,12?. The summed E-state index contributed by atoms with van der Waals surface area (Å²) < 4.78 is 5.76. The fourth-order valence-electron chi connectivity index (χ4n) is 3.05. The number of hydrogen-bond acceptors (Lipinski definition) is 3. The average Bonchev–Trinajstić information content (AvgIpc) is 2.16. The third-order valence-electron chi connectivity index (χ3n) is 3.65. The smallest absolute Gasteiger partial charge is 0.0678 e. The molecule has 1 saturated carbocycles. The topological polar surface area (TPSA) is 38.5 Å². The number of nitrogens with zero attached hydrogens (tertiary/aromatic N) is 1. The summed E-state index contributed by atoms with van der Waals surface area (Å²) in [6, 6.07) is 1.14. The molecule has 0 aromatic carbocycles. The molecule has 0 spiro atoms. The van der Waals surface area contributed by atoms with Crippen molar-refractivity contribution in [2.75, 3.05) is 13.1 Å². The minimum Gasteiger partial charge on any atom is -0.373 e. The van der Waals surface area contributed by atoms with Crippen LogP contribution in [0, 0.1) is 0 Å². The SMILES string of the molecule is C[C@@H]1CN(C2CCCC(N)C2)C[C@H](C)O1. The Morgan fingerprint density at radius 2 is 1.80 bits per heavy atom. The molecule has 2 N–H and O–H groups in total. The highest BCUT2D eigenvalue weighted by Gasteiger charge is 2.30. The van der Waals surface area contributed by atoms with E-state index in [-0.39, 0.29) is 0 Å². The zero-order chi connectivity index (χ0) is 10.8. The van der Waals surface area contributed by atoms with Crippen LogP contribution in [0.15, 0.2) is 0 Å². The van der Waals surface area contributed by atoms with Crippen LogP contribution in [0.5, 0.6) is 0 Å². The molecule has 88 valence electrons. The zero-order valence-electron chi connectivity index (χ0n) is 9.98. The fraction of sp³-hybridized carbons (Fsp3) is 1.00. The molecule has 3 heteroatoms. The number of hydrogen-bond donors (Lipinski definition) is 1. The molecule has 2 unspecified atom stereocenters. The molecule has 1 aliphatic carbocycles. The Kier molecular flexibility index (Phi) is 3.65. The first-order chi connectivity index (χ1) is 7.15. The van der Waals surface area contributed by atoms with Crippen LogP contribution in [-0.2, 0) is 4.74 Å². The van der Waals surface area contributed by atoms with Crippen molar-refractivity contribution in [1.29, 1.82) is 0 Å². The lowest BCUT2D eigenvalue weighted by molar-refractivity contribution is -0.0846. The van der Waals surface area contributed by atoms with Crippen molar-refractivity contribution in [3.63, 3.8) is 0 Å². The van der Waals surface area contributed by atoms with Gasteiger partial charge in [0, 0.05) is 25.2 Å². The molecule has 0 bridgehead atoms. The molecule has 2 fully saturated rings. The van der Waals surface area contributed by atoms with Crippen LogP contribution in [0.2, 0.25) is 0 Å². The van der Waals surface area contributed by atoms with Crippen molar-refractivity contribution in [1.82, 2.24) is 4.90 Å². The van der Waals surface area contributed by atoms with Crippen molar-refractivity contribution in [3.05, 3.63) is 0 Å². The zero-order valence-corrected chi connectivity index (χ0v) is 9.98. The van der Waals surface area contributed by atoms with Gasteiger partial charge in [0.2, 0.25) is 0 Å². The third kappa shape index (κ3) is 2.92. The Balaban J connectivity index is 1.91. The van der Waals surface area contributed by atoms with Crippen LogP contribution in [0.4, 0.5) is 0 Å². The largest absolute Gasteiger partial charge is 0.373 e. The molecule has 2 rings (SSSR count). The average molecular weight is 212 g/mol. The highest BCUT2D eigenvalue weighted by Crippen LogP contribution is 2.24. The molecule has 15 heavy (non-hydrogen) atoms. The minimum absolute atomic E-state index is 0.381. The van der Waals surface area contributed by atoms with Gasteiger partial charge in [-0.05, 0) is 33.1 Å². The predicted octanol–water partition coefficient (Wildman–Crippen LogP) is 1.37. The van der Waals surface area contributed by atoms with E-state index in [2.05, 4.69) is 18.7 Å². The van der Waals surface area contributed by atoms with Gasteiger partial charge in [-0.15, -0.1) is 0 Å². The molecule has 3 nitrogen and oxygen atoms in total. The number of rotatable bonds is 1. The van der Waals surface area contributed by atoms with Crippen LogP contribution in [0.1, 0.15) is 39.5 Å². The summed E-state index contributed by atoms with van der Waals surface area (Å²) in [6.45, 7) is 6.51. The Labute approximate surface area is 93.0 Å². The van der Waals surface area contributed by atoms with E-state index >= 15 is 0 Å². The molecule has 4 atom stereocenters. The van der Waals surface area contributed by atoms with Gasteiger partial charge in [0.25, 0.3) is 0 Å².